The van der Waals surface area contributed by atoms with Gasteiger partial charge < -0.3 is 9.26 Å². The molecule has 0 aromatic carbocycles. The first-order valence-corrected chi connectivity index (χ1v) is 5.86. The highest BCUT2D eigenvalue weighted by Crippen LogP contribution is 2.12. The Morgan fingerprint density at radius 1 is 1.67 bits per heavy atom. The first kappa shape index (κ1) is 11.7. The Hall–Kier alpha value is -1.34. The molecule has 1 rings (SSSR count). The van der Waals surface area contributed by atoms with E-state index in [0.29, 0.717) is 6.61 Å². The van der Waals surface area contributed by atoms with Crippen LogP contribution in [0, 0.1) is 0 Å². The van der Waals surface area contributed by atoms with Gasteiger partial charge >= 0.3 is 0 Å². The number of aromatic nitrogens is 1. The molecule has 0 unspecified atom stereocenters. The SMILES string of the molecule is C=CCOc1cc(COS(C)(=O)=O)on1. The maximum Gasteiger partial charge on any atom is 0.264 e. The smallest absolute Gasteiger partial charge is 0.264 e. The van der Waals surface area contributed by atoms with Crippen LogP contribution in [0.4, 0.5) is 0 Å². The van der Waals surface area contributed by atoms with Gasteiger partial charge in [0.25, 0.3) is 16.0 Å². The number of rotatable bonds is 6. The van der Waals surface area contributed by atoms with Gasteiger partial charge in [0, 0.05) is 6.07 Å². The first-order chi connectivity index (χ1) is 7.01. The van der Waals surface area contributed by atoms with Gasteiger partial charge in [-0.3, -0.25) is 4.18 Å². The van der Waals surface area contributed by atoms with E-state index in [9.17, 15) is 8.42 Å². The average Bonchev–Trinajstić information content (AvgIpc) is 2.58. The Balaban J connectivity index is 2.49. The van der Waals surface area contributed by atoms with Crippen LogP contribution >= 0.6 is 0 Å². The Kier molecular flexibility index (Phi) is 3.87. The summed E-state index contributed by atoms with van der Waals surface area (Å²) in [4.78, 5) is 0. The molecule has 0 aliphatic carbocycles. The Labute approximate surface area is 87.6 Å². The van der Waals surface area contributed by atoms with Crippen LogP contribution in [0.25, 0.3) is 0 Å². The summed E-state index contributed by atoms with van der Waals surface area (Å²) in [5.74, 6) is 0.543. The molecule has 0 N–H and O–H groups in total. The van der Waals surface area contributed by atoms with Crippen LogP contribution in [0.15, 0.2) is 23.2 Å². The summed E-state index contributed by atoms with van der Waals surface area (Å²) >= 11 is 0. The van der Waals surface area contributed by atoms with Crippen LogP contribution in [-0.4, -0.2) is 26.4 Å². The zero-order valence-corrected chi connectivity index (χ0v) is 8.99. The molecule has 15 heavy (non-hydrogen) atoms. The van der Waals surface area contributed by atoms with Crippen molar-refractivity contribution in [2.75, 3.05) is 12.9 Å². The molecule has 0 atom stereocenters. The molecule has 0 aliphatic heterocycles. The van der Waals surface area contributed by atoms with E-state index in [0.717, 1.165) is 6.26 Å². The largest absolute Gasteiger partial charge is 0.471 e. The van der Waals surface area contributed by atoms with Crippen molar-refractivity contribution in [3.8, 4) is 5.88 Å². The van der Waals surface area contributed by atoms with E-state index in [2.05, 4.69) is 15.9 Å². The summed E-state index contributed by atoms with van der Waals surface area (Å²) in [6.07, 6.45) is 2.51. The number of nitrogens with zero attached hydrogens (tertiary/aromatic N) is 1. The highest BCUT2D eigenvalue weighted by molar-refractivity contribution is 7.85. The fourth-order valence-electron chi connectivity index (χ4n) is 0.739. The van der Waals surface area contributed by atoms with Crippen LogP contribution in [0.2, 0.25) is 0 Å². The number of ether oxygens (including phenoxy) is 1. The monoisotopic (exact) mass is 233 g/mol. The van der Waals surface area contributed by atoms with Gasteiger partial charge in [-0.25, -0.2) is 0 Å². The van der Waals surface area contributed by atoms with Crippen molar-refractivity contribution in [2.24, 2.45) is 0 Å². The third-order valence-corrected chi connectivity index (χ3v) is 1.85. The van der Waals surface area contributed by atoms with Crippen molar-refractivity contribution in [2.45, 2.75) is 6.61 Å². The van der Waals surface area contributed by atoms with Gasteiger partial charge in [-0.2, -0.15) is 8.42 Å². The molecule has 0 radical (unpaired) electrons. The molecule has 0 spiro atoms. The lowest BCUT2D eigenvalue weighted by molar-refractivity contribution is 0.248. The summed E-state index contributed by atoms with van der Waals surface area (Å²) in [6, 6.07) is 1.45. The molecular weight excluding hydrogens is 222 g/mol. The fraction of sp³-hybridized carbons (Fsp3) is 0.375. The Morgan fingerprint density at radius 2 is 2.40 bits per heavy atom. The fourth-order valence-corrected chi connectivity index (χ4v) is 1.07. The normalized spacial score (nSPS) is 11.3. The van der Waals surface area contributed by atoms with E-state index in [-0.39, 0.29) is 18.2 Å². The summed E-state index contributed by atoms with van der Waals surface area (Å²) in [5.41, 5.74) is 0. The van der Waals surface area contributed by atoms with Gasteiger partial charge in [0.15, 0.2) is 5.76 Å². The van der Waals surface area contributed by atoms with E-state index in [1.165, 1.54) is 6.07 Å². The van der Waals surface area contributed by atoms with Gasteiger partial charge in [0.1, 0.15) is 13.2 Å². The highest BCUT2D eigenvalue weighted by atomic mass is 32.2. The molecule has 6 nitrogen and oxygen atoms in total. The minimum atomic E-state index is -3.47. The lowest BCUT2D eigenvalue weighted by Crippen LogP contribution is -2.01. The van der Waals surface area contributed by atoms with Crippen LogP contribution in [-0.2, 0) is 20.9 Å². The van der Waals surface area contributed by atoms with E-state index in [1.807, 2.05) is 0 Å². The second kappa shape index (κ2) is 4.94. The molecule has 0 saturated carbocycles. The van der Waals surface area contributed by atoms with Crippen LogP contribution < -0.4 is 4.74 Å². The maximum absolute atomic E-state index is 10.7. The van der Waals surface area contributed by atoms with Crippen molar-refractivity contribution in [1.82, 2.24) is 5.16 Å². The predicted octanol–water partition coefficient (Wildman–Crippen LogP) is 0.716. The molecule has 0 amide bonds. The van der Waals surface area contributed by atoms with E-state index < -0.39 is 10.1 Å². The quantitative estimate of drug-likeness (QED) is 0.532. The zero-order valence-electron chi connectivity index (χ0n) is 8.17. The van der Waals surface area contributed by atoms with Gasteiger partial charge in [0.05, 0.1) is 6.26 Å². The van der Waals surface area contributed by atoms with Crippen LogP contribution in [0.3, 0.4) is 0 Å². The number of hydrogen-bond acceptors (Lipinski definition) is 6. The minimum absolute atomic E-state index is 0.191. The average molecular weight is 233 g/mol. The molecule has 0 saturated heterocycles. The first-order valence-electron chi connectivity index (χ1n) is 4.05. The Morgan fingerprint density at radius 3 is 3.00 bits per heavy atom. The molecule has 1 aromatic heterocycles. The zero-order chi connectivity index (χ0) is 11.3. The topological polar surface area (TPSA) is 78.6 Å². The highest BCUT2D eigenvalue weighted by Gasteiger charge is 2.08. The van der Waals surface area contributed by atoms with Crippen LogP contribution in [0.1, 0.15) is 5.76 Å². The molecule has 1 heterocycles. The third kappa shape index (κ3) is 4.61. The Bertz CT molecular complexity index is 422. The van der Waals surface area contributed by atoms with E-state index in [4.69, 9.17) is 9.26 Å². The van der Waals surface area contributed by atoms with Crippen molar-refractivity contribution >= 4 is 10.1 Å². The van der Waals surface area contributed by atoms with Gasteiger partial charge in [-0.05, 0) is 5.16 Å². The predicted molar refractivity (Wildman–Crippen MR) is 51.8 cm³/mol. The van der Waals surface area contributed by atoms with Gasteiger partial charge in [-0.1, -0.05) is 12.7 Å². The number of hydrogen-bond donors (Lipinski definition) is 0. The standard InChI is InChI=1S/C8H11NO5S/c1-3-4-12-8-5-7(14-9-8)6-13-15(2,10)11/h3,5H,1,4,6H2,2H3. The lowest BCUT2D eigenvalue weighted by Gasteiger charge is -1.95. The maximum atomic E-state index is 10.7. The van der Waals surface area contributed by atoms with Crippen molar-refractivity contribution in [1.29, 1.82) is 0 Å². The third-order valence-electron chi connectivity index (χ3n) is 1.30. The molecule has 84 valence electrons. The summed E-state index contributed by atoms with van der Waals surface area (Å²) < 4.78 is 35.6. The molecule has 0 bridgehead atoms. The van der Waals surface area contributed by atoms with Crippen molar-refractivity contribution < 1.29 is 21.9 Å². The summed E-state index contributed by atoms with van der Waals surface area (Å²) in [6.45, 7) is 3.58. The second-order valence-corrected chi connectivity index (χ2v) is 4.34. The summed E-state index contributed by atoms with van der Waals surface area (Å²) in [5, 5.41) is 3.53. The van der Waals surface area contributed by atoms with E-state index in [1.54, 1.807) is 6.08 Å². The van der Waals surface area contributed by atoms with E-state index >= 15 is 0 Å². The van der Waals surface area contributed by atoms with Gasteiger partial charge in [-0.15, -0.1) is 0 Å². The van der Waals surface area contributed by atoms with Crippen molar-refractivity contribution in [3.63, 3.8) is 0 Å². The second-order valence-electron chi connectivity index (χ2n) is 2.70. The summed E-state index contributed by atoms with van der Waals surface area (Å²) in [7, 11) is -3.47. The van der Waals surface area contributed by atoms with Crippen molar-refractivity contribution in [3.05, 3.63) is 24.5 Å². The molecule has 0 aliphatic rings. The molecular formula is C8H11NO5S. The van der Waals surface area contributed by atoms with Crippen LogP contribution in [0.5, 0.6) is 5.88 Å². The molecule has 0 fully saturated rings. The minimum Gasteiger partial charge on any atom is -0.471 e. The van der Waals surface area contributed by atoms with Gasteiger partial charge in [0.2, 0.25) is 0 Å². The molecule has 1 aromatic rings. The molecule has 7 heteroatoms. The lowest BCUT2D eigenvalue weighted by atomic mass is 10.5.